The zero-order valence-electron chi connectivity index (χ0n) is 3.72. The molecular formula is C2HN5O. The Hall–Kier alpha value is -1.42. The molecule has 0 aromatic carbocycles. The third kappa shape index (κ3) is 0.797. The lowest BCUT2D eigenvalue weighted by molar-refractivity contribution is 0.558. The van der Waals surface area contributed by atoms with Crippen LogP contribution >= 0.6 is 0 Å². The van der Waals surface area contributed by atoms with E-state index in [2.05, 4.69) is 25.7 Å². The van der Waals surface area contributed by atoms with Gasteiger partial charge in [-0.2, -0.15) is 4.99 Å². The fourth-order valence-corrected chi connectivity index (χ4v) is 0.260. The lowest BCUT2D eigenvalue weighted by atomic mass is 10.9. The first-order chi connectivity index (χ1) is 3.93. The van der Waals surface area contributed by atoms with Gasteiger partial charge in [0.15, 0.2) is 0 Å². The smallest absolute Gasteiger partial charge is 0.211 e. The third-order valence-electron chi connectivity index (χ3n) is 0.518. The van der Waals surface area contributed by atoms with E-state index >= 15 is 0 Å². The van der Waals surface area contributed by atoms with Gasteiger partial charge in [-0.15, -0.1) is 10.2 Å². The summed E-state index contributed by atoms with van der Waals surface area (Å²) in [6.07, 6.45) is 0.506. The average Bonchev–Trinajstić information content (AvgIpc) is 2.19. The molecule has 1 rings (SSSR count). The SMILES string of the molecule is O=C=NC1N=NN=N1. The van der Waals surface area contributed by atoms with Crippen molar-refractivity contribution in [3.63, 3.8) is 0 Å². The second-order valence-corrected chi connectivity index (χ2v) is 0.977. The maximum atomic E-state index is 9.47. The number of isocyanates is 1. The van der Waals surface area contributed by atoms with Gasteiger partial charge in [-0.1, -0.05) is 0 Å². The first-order valence-corrected chi connectivity index (χ1v) is 1.80. The van der Waals surface area contributed by atoms with Gasteiger partial charge >= 0.3 is 0 Å². The summed E-state index contributed by atoms with van der Waals surface area (Å²) >= 11 is 0. The van der Waals surface area contributed by atoms with Crippen molar-refractivity contribution in [1.29, 1.82) is 0 Å². The van der Waals surface area contributed by atoms with Crippen LogP contribution in [-0.4, -0.2) is 12.4 Å². The molecule has 0 amide bonds. The molecule has 0 bridgehead atoms. The number of hydrogen-bond donors (Lipinski definition) is 0. The molecule has 1 aliphatic rings. The molecule has 0 aromatic heterocycles. The van der Waals surface area contributed by atoms with Gasteiger partial charge in [-0.3, -0.25) is 0 Å². The van der Waals surface area contributed by atoms with Crippen LogP contribution in [0.3, 0.4) is 0 Å². The Morgan fingerprint density at radius 3 is 2.50 bits per heavy atom. The van der Waals surface area contributed by atoms with Gasteiger partial charge in [0.25, 0.3) is 6.29 Å². The highest BCUT2D eigenvalue weighted by molar-refractivity contribution is 5.33. The van der Waals surface area contributed by atoms with Gasteiger partial charge in [0, 0.05) is 0 Å². The number of nitrogens with zero attached hydrogens (tertiary/aromatic N) is 5. The predicted octanol–water partition coefficient (Wildman–Crippen LogP) is 0.439. The van der Waals surface area contributed by atoms with Crippen LogP contribution in [0.2, 0.25) is 0 Å². The number of aliphatic imine (C=N–C) groups is 1. The van der Waals surface area contributed by atoms with Gasteiger partial charge < -0.3 is 0 Å². The summed E-state index contributed by atoms with van der Waals surface area (Å²) in [5.74, 6) is 0. The summed E-state index contributed by atoms with van der Waals surface area (Å²) in [6.45, 7) is 0. The molecule has 6 nitrogen and oxygen atoms in total. The minimum absolute atomic E-state index is 0.771. The van der Waals surface area contributed by atoms with Crippen molar-refractivity contribution in [2.45, 2.75) is 6.29 Å². The van der Waals surface area contributed by atoms with Gasteiger partial charge in [-0.05, 0) is 10.4 Å². The minimum Gasteiger partial charge on any atom is -0.211 e. The van der Waals surface area contributed by atoms with Crippen LogP contribution in [0.5, 0.6) is 0 Å². The van der Waals surface area contributed by atoms with Crippen LogP contribution in [0.25, 0.3) is 0 Å². The molecule has 6 heteroatoms. The van der Waals surface area contributed by atoms with E-state index in [1.54, 1.807) is 0 Å². The highest BCUT2D eigenvalue weighted by Crippen LogP contribution is 2.03. The van der Waals surface area contributed by atoms with Crippen LogP contribution in [0.4, 0.5) is 0 Å². The number of carbonyl (C=O) groups excluding carboxylic acids is 1. The van der Waals surface area contributed by atoms with Gasteiger partial charge in [0.1, 0.15) is 0 Å². The van der Waals surface area contributed by atoms with Crippen molar-refractivity contribution in [2.75, 3.05) is 0 Å². The third-order valence-corrected chi connectivity index (χ3v) is 0.518. The van der Waals surface area contributed by atoms with Crippen molar-refractivity contribution in [3.8, 4) is 0 Å². The molecule has 40 valence electrons. The average molecular weight is 111 g/mol. The first-order valence-electron chi connectivity index (χ1n) is 1.80. The molecular weight excluding hydrogens is 110 g/mol. The summed E-state index contributed by atoms with van der Waals surface area (Å²) in [7, 11) is 0. The molecule has 8 heavy (non-hydrogen) atoms. The molecule has 0 saturated heterocycles. The summed E-state index contributed by atoms with van der Waals surface area (Å²) in [4.78, 5) is 12.6. The molecule has 1 aliphatic heterocycles. The summed E-state index contributed by atoms with van der Waals surface area (Å²) < 4.78 is 0. The van der Waals surface area contributed by atoms with Gasteiger partial charge in [-0.25, -0.2) is 4.79 Å². The van der Waals surface area contributed by atoms with E-state index in [1.807, 2.05) is 0 Å². The van der Waals surface area contributed by atoms with Crippen LogP contribution < -0.4 is 0 Å². The molecule has 0 N–H and O–H groups in total. The highest BCUT2D eigenvalue weighted by atomic mass is 16.1. The van der Waals surface area contributed by atoms with E-state index in [-0.39, 0.29) is 0 Å². The molecule has 0 spiro atoms. The Balaban J connectivity index is 2.62. The van der Waals surface area contributed by atoms with Crippen LogP contribution in [0.15, 0.2) is 25.7 Å². The van der Waals surface area contributed by atoms with Crippen molar-refractivity contribution in [1.82, 2.24) is 0 Å². The monoisotopic (exact) mass is 111 g/mol. The lowest BCUT2D eigenvalue weighted by Gasteiger charge is -1.79. The lowest BCUT2D eigenvalue weighted by Crippen LogP contribution is -1.87. The van der Waals surface area contributed by atoms with Crippen molar-refractivity contribution in [3.05, 3.63) is 0 Å². The largest absolute Gasteiger partial charge is 0.286 e. The molecule has 0 radical (unpaired) electrons. The van der Waals surface area contributed by atoms with Crippen molar-refractivity contribution < 1.29 is 4.79 Å². The van der Waals surface area contributed by atoms with Crippen LogP contribution in [-0.2, 0) is 4.79 Å². The van der Waals surface area contributed by atoms with E-state index in [0.29, 0.717) is 0 Å². The normalized spacial score (nSPS) is 16.5. The second-order valence-electron chi connectivity index (χ2n) is 0.977. The molecule has 0 unspecified atom stereocenters. The summed E-state index contributed by atoms with van der Waals surface area (Å²) in [6, 6.07) is 0. The molecule has 1 heterocycles. The molecule has 0 fully saturated rings. The quantitative estimate of drug-likeness (QED) is 0.357. The first kappa shape index (κ1) is 4.73. The van der Waals surface area contributed by atoms with E-state index < -0.39 is 6.29 Å². The summed E-state index contributed by atoms with van der Waals surface area (Å²) in [5, 5.41) is 12.8. The Labute approximate surface area is 44.0 Å². The maximum absolute atomic E-state index is 9.47. The Morgan fingerprint density at radius 1 is 1.38 bits per heavy atom. The van der Waals surface area contributed by atoms with E-state index in [0.717, 1.165) is 0 Å². The fourth-order valence-electron chi connectivity index (χ4n) is 0.260. The molecule has 0 aliphatic carbocycles. The standard InChI is InChI=1S/C2HN5O/c8-1-3-2-4-6-7-5-2/h2H. The second kappa shape index (κ2) is 2.04. The van der Waals surface area contributed by atoms with Gasteiger partial charge in [0.2, 0.25) is 6.08 Å². The van der Waals surface area contributed by atoms with E-state index in [4.69, 9.17) is 0 Å². The Morgan fingerprint density at radius 2 is 2.00 bits per heavy atom. The topological polar surface area (TPSA) is 78.9 Å². The van der Waals surface area contributed by atoms with Crippen molar-refractivity contribution in [2.24, 2.45) is 25.7 Å². The highest BCUT2D eigenvalue weighted by Gasteiger charge is 2.03. The van der Waals surface area contributed by atoms with E-state index in [1.165, 1.54) is 6.08 Å². The zero-order chi connectivity index (χ0) is 5.82. The molecule has 0 aromatic rings. The number of rotatable bonds is 1. The fraction of sp³-hybridized carbons (Fsp3) is 0.500. The van der Waals surface area contributed by atoms with Gasteiger partial charge in [0.05, 0.1) is 0 Å². The zero-order valence-corrected chi connectivity index (χ0v) is 3.72. The van der Waals surface area contributed by atoms with Crippen molar-refractivity contribution >= 4 is 6.08 Å². The van der Waals surface area contributed by atoms with E-state index in [9.17, 15) is 4.79 Å². The Bertz CT molecular complexity index is 165. The Kier molecular flexibility index (Phi) is 1.20. The van der Waals surface area contributed by atoms with Crippen LogP contribution in [0, 0.1) is 0 Å². The molecule has 0 atom stereocenters. The minimum atomic E-state index is -0.771. The number of hydrogen-bond acceptors (Lipinski definition) is 6. The molecule has 0 saturated carbocycles. The maximum Gasteiger partial charge on any atom is 0.286 e. The summed E-state index contributed by atoms with van der Waals surface area (Å²) in [5.41, 5.74) is 0. The van der Waals surface area contributed by atoms with Crippen LogP contribution in [0.1, 0.15) is 0 Å². The predicted molar refractivity (Wildman–Crippen MR) is 21.6 cm³/mol.